The molecule has 0 aromatic carbocycles. The predicted molar refractivity (Wildman–Crippen MR) is 70.3 cm³/mol. The second-order valence-electron chi connectivity index (χ2n) is 5.11. The lowest BCUT2D eigenvalue weighted by atomic mass is 9.77. The number of aliphatic hydroxyl groups is 1. The summed E-state index contributed by atoms with van der Waals surface area (Å²) in [6.45, 7) is 2.38. The van der Waals surface area contributed by atoms with E-state index in [1.807, 2.05) is 12.1 Å². The van der Waals surface area contributed by atoms with E-state index in [2.05, 4.69) is 17.2 Å². The highest BCUT2D eigenvalue weighted by atomic mass is 35.5. The highest BCUT2D eigenvalue weighted by molar-refractivity contribution is 6.29. The largest absolute Gasteiger partial charge is 0.394 e. The van der Waals surface area contributed by atoms with Crippen LogP contribution in [0.15, 0.2) is 18.2 Å². The molecule has 4 heteroatoms. The highest BCUT2D eigenvalue weighted by Crippen LogP contribution is 2.34. The van der Waals surface area contributed by atoms with E-state index >= 15 is 0 Å². The summed E-state index contributed by atoms with van der Waals surface area (Å²) in [4.78, 5) is 4.23. The normalized spacial score (nSPS) is 29.0. The molecular formula is C13H19ClN2O. The van der Waals surface area contributed by atoms with E-state index in [1.165, 1.54) is 6.42 Å². The first-order valence-corrected chi connectivity index (χ1v) is 6.53. The van der Waals surface area contributed by atoms with Crippen molar-refractivity contribution in [3.8, 4) is 0 Å². The van der Waals surface area contributed by atoms with Gasteiger partial charge in [0.05, 0.1) is 12.1 Å². The maximum atomic E-state index is 9.67. The van der Waals surface area contributed by atoms with Gasteiger partial charge in [0.1, 0.15) is 11.0 Å². The van der Waals surface area contributed by atoms with Crippen LogP contribution in [0.25, 0.3) is 0 Å². The third-order valence-corrected chi connectivity index (χ3v) is 3.71. The standard InChI is InChI=1S/C13H19ClN2O/c1-10-4-3-7-13(8-10,9-17)16-12-6-2-5-11(14)15-12/h2,5-6,10,17H,3-4,7-9H2,1H3,(H,15,16). The van der Waals surface area contributed by atoms with Crippen molar-refractivity contribution in [1.82, 2.24) is 4.98 Å². The minimum atomic E-state index is -0.227. The fraction of sp³-hybridized carbons (Fsp3) is 0.615. The number of aromatic nitrogens is 1. The molecule has 1 fully saturated rings. The molecule has 2 N–H and O–H groups in total. The molecule has 2 atom stereocenters. The second-order valence-corrected chi connectivity index (χ2v) is 5.50. The van der Waals surface area contributed by atoms with E-state index in [-0.39, 0.29) is 12.1 Å². The van der Waals surface area contributed by atoms with Gasteiger partial charge in [0.15, 0.2) is 0 Å². The van der Waals surface area contributed by atoms with Crippen LogP contribution in [-0.4, -0.2) is 22.2 Å². The second kappa shape index (κ2) is 5.23. The molecule has 1 aliphatic carbocycles. The Morgan fingerprint density at radius 2 is 2.41 bits per heavy atom. The summed E-state index contributed by atoms with van der Waals surface area (Å²) in [5, 5.41) is 13.5. The van der Waals surface area contributed by atoms with Crippen molar-refractivity contribution < 1.29 is 5.11 Å². The quantitative estimate of drug-likeness (QED) is 0.815. The summed E-state index contributed by atoms with van der Waals surface area (Å²) in [7, 11) is 0. The van der Waals surface area contributed by atoms with Gasteiger partial charge >= 0.3 is 0 Å². The molecule has 0 spiro atoms. The maximum Gasteiger partial charge on any atom is 0.131 e. The molecule has 2 rings (SSSR count). The predicted octanol–water partition coefficient (Wildman–Crippen LogP) is 3.09. The molecule has 1 aromatic heterocycles. The monoisotopic (exact) mass is 254 g/mol. The molecule has 17 heavy (non-hydrogen) atoms. The van der Waals surface area contributed by atoms with E-state index in [9.17, 15) is 5.11 Å². The number of halogens is 1. The van der Waals surface area contributed by atoms with Crippen LogP contribution >= 0.6 is 11.6 Å². The number of pyridine rings is 1. The van der Waals surface area contributed by atoms with Crippen LogP contribution in [0.2, 0.25) is 5.15 Å². The Labute approximate surface area is 107 Å². The Morgan fingerprint density at radius 1 is 1.59 bits per heavy atom. The summed E-state index contributed by atoms with van der Waals surface area (Å²) in [5.74, 6) is 1.39. The Balaban J connectivity index is 2.13. The number of aliphatic hydroxyl groups excluding tert-OH is 1. The molecule has 2 unspecified atom stereocenters. The average molecular weight is 255 g/mol. The fourth-order valence-corrected chi connectivity index (χ4v) is 2.87. The van der Waals surface area contributed by atoms with Gasteiger partial charge in [-0.2, -0.15) is 0 Å². The molecule has 3 nitrogen and oxygen atoms in total. The average Bonchev–Trinajstić information content (AvgIpc) is 2.29. The number of hydrogen-bond acceptors (Lipinski definition) is 3. The van der Waals surface area contributed by atoms with Crippen LogP contribution < -0.4 is 5.32 Å². The summed E-state index contributed by atoms with van der Waals surface area (Å²) < 4.78 is 0. The number of rotatable bonds is 3. The van der Waals surface area contributed by atoms with Crippen molar-refractivity contribution in [2.45, 2.75) is 38.1 Å². The van der Waals surface area contributed by atoms with Gasteiger partial charge in [-0.1, -0.05) is 37.4 Å². The molecule has 1 heterocycles. The first kappa shape index (κ1) is 12.7. The lowest BCUT2D eigenvalue weighted by Crippen LogP contribution is -2.46. The lowest BCUT2D eigenvalue weighted by molar-refractivity contribution is 0.149. The molecule has 0 amide bonds. The zero-order valence-corrected chi connectivity index (χ0v) is 10.9. The van der Waals surface area contributed by atoms with Crippen LogP contribution in [0.1, 0.15) is 32.6 Å². The SMILES string of the molecule is CC1CCCC(CO)(Nc2cccc(Cl)n2)C1. The van der Waals surface area contributed by atoms with Gasteiger partial charge in [0.2, 0.25) is 0 Å². The molecule has 0 radical (unpaired) electrons. The van der Waals surface area contributed by atoms with Gasteiger partial charge in [-0.25, -0.2) is 4.98 Å². The van der Waals surface area contributed by atoms with Crippen LogP contribution in [0.3, 0.4) is 0 Å². The molecular weight excluding hydrogens is 236 g/mol. The van der Waals surface area contributed by atoms with E-state index in [0.29, 0.717) is 11.1 Å². The molecule has 0 saturated heterocycles. The number of nitrogens with zero attached hydrogens (tertiary/aromatic N) is 1. The van der Waals surface area contributed by atoms with Gasteiger partial charge in [-0.15, -0.1) is 0 Å². The van der Waals surface area contributed by atoms with Gasteiger partial charge < -0.3 is 10.4 Å². The van der Waals surface area contributed by atoms with Gasteiger partial charge in [0.25, 0.3) is 0 Å². The number of anilines is 1. The smallest absolute Gasteiger partial charge is 0.131 e. The van der Waals surface area contributed by atoms with Gasteiger partial charge in [-0.05, 0) is 30.9 Å². The first-order valence-electron chi connectivity index (χ1n) is 6.15. The van der Waals surface area contributed by atoms with Crippen molar-refractivity contribution in [1.29, 1.82) is 0 Å². The summed E-state index contributed by atoms with van der Waals surface area (Å²) >= 11 is 5.87. The Hall–Kier alpha value is -0.800. The van der Waals surface area contributed by atoms with E-state index < -0.39 is 0 Å². The summed E-state index contributed by atoms with van der Waals surface area (Å²) in [6, 6.07) is 5.51. The van der Waals surface area contributed by atoms with Crippen molar-refractivity contribution in [3.63, 3.8) is 0 Å². The third kappa shape index (κ3) is 3.11. The minimum Gasteiger partial charge on any atom is -0.394 e. The van der Waals surface area contributed by atoms with Crippen LogP contribution in [0.5, 0.6) is 0 Å². The van der Waals surface area contributed by atoms with E-state index in [0.717, 1.165) is 25.1 Å². The van der Waals surface area contributed by atoms with Crippen molar-refractivity contribution in [2.75, 3.05) is 11.9 Å². The molecule has 1 aromatic rings. The third-order valence-electron chi connectivity index (χ3n) is 3.50. The lowest BCUT2D eigenvalue weighted by Gasteiger charge is -2.39. The first-order chi connectivity index (χ1) is 8.13. The van der Waals surface area contributed by atoms with E-state index in [4.69, 9.17) is 11.6 Å². The van der Waals surface area contributed by atoms with Gasteiger partial charge in [0, 0.05) is 0 Å². The highest BCUT2D eigenvalue weighted by Gasteiger charge is 2.34. The van der Waals surface area contributed by atoms with Gasteiger partial charge in [-0.3, -0.25) is 0 Å². The zero-order chi connectivity index (χ0) is 12.3. The topological polar surface area (TPSA) is 45.1 Å². The number of nitrogens with one attached hydrogen (secondary N) is 1. The Bertz CT molecular complexity index is 385. The summed E-state index contributed by atoms with van der Waals surface area (Å²) in [6.07, 6.45) is 4.36. The molecule has 0 bridgehead atoms. The minimum absolute atomic E-state index is 0.144. The van der Waals surface area contributed by atoms with Crippen LogP contribution in [0, 0.1) is 5.92 Å². The fourth-order valence-electron chi connectivity index (χ4n) is 2.71. The molecule has 1 aliphatic rings. The zero-order valence-electron chi connectivity index (χ0n) is 10.1. The van der Waals surface area contributed by atoms with Crippen molar-refractivity contribution in [3.05, 3.63) is 23.4 Å². The van der Waals surface area contributed by atoms with Crippen molar-refractivity contribution >= 4 is 17.4 Å². The molecule has 0 aliphatic heterocycles. The molecule has 94 valence electrons. The maximum absolute atomic E-state index is 9.67. The molecule has 1 saturated carbocycles. The Kier molecular flexibility index (Phi) is 3.89. The number of hydrogen-bond donors (Lipinski definition) is 2. The van der Waals surface area contributed by atoms with Crippen LogP contribution in [-0.2, 0) is 0 Å². The van der Waals surface area contributed by atoms with E-state index in [1.54, 1.807) is 6.07 Å². The Morgan fingerprint density at radius 3 is 3.06 bits per heavy atom. The van der Waals surface area contributed by atoms with Crippen LogP contribution in [0.4, 0.5) is 5.82 Å². The summed E-state index contributed by atoms with van der Waals surface area (Å²) in [5.41, 5.74) is -0.227. The van der Waals surface area contributed by atoms with Crippen molar-refractivity contribution in [2.24, 2.45) is 5.92 Å².